The molecule has 9 heavy (non-hydrogen) atoms. The van der Waals surface area contributed by atoms with Crippen molar-refractivity contribution < 1.29 is 4.79 Å². The third kappa shape index (κ3) is 2.31. The molecule has 0 bridgehead atoms. The SMILES string of the molecule is C=C[C@@H](C)C(=O)N(C)C. The molecule has 0 aliphatic heterocycles. The first-order valence-corrected chi connectivity index (χ1v) is 2.93. The Labute approximate surface area is 56.2 Å². The Kier molecular flexibility index (Phi) is 2.99. The number of hydrogen-bond donors (Lipinski definition) is 0. The molecule has 1 amide bonds. The van der Waals surface area contributed by atoms with Crippen molar-refractivity contribution in [1.29, 1.82) is 0 Å². The molecule has 0 aromatic rings. The Bertz CT molecular complexity index is 118. The lowest BCUT2D eigenvalue weighted by Crippen LogP contribution is -2.26. The van der Waals surface area contributed by atoms with Crippen molar-refractivity contribution >= 4 is 5.91 Å². The van der Waals surface area contributed by atoms with E-state index in [2.05, 4.69) is 6.58 Å². The van der Waals surface area contributed by atoms with Crippen molar-refractivity contribution in [2.75, 3.05) is 14.1 Å². The lowest BCUT2D eigenvalue weighted by molar-refractivity contribution is -0.130. The van der Waals surface area contributed by atoms with E-state index >= 15 is 0 Å². The second-order valence-electron chi connectivity index (χ2n) is 2.26. The van der Waals surface area contributed by atoms with E-state index in [4.69, 9.17) is 0 Å². The van der Waals surface area contributed by atoms with E-state index < -0.39 is 0 Å². The van der Waals surface area contributed by atoms with E-state index in [0.717, 1.165) is 0 Å². The summed E-state index contributed by atoms with van der Waals surface area (Å²) in [7, 11) is 3.48. The Morgan fingerprint density at radius 1 is 1.67 bits per heavy atom. The maximum atomic E-state index is 10.9. The van der Waals surface area contributed by atoms with Gasteiger partial charge in [0.25, 0.3) is 0 Å². The fraction of sp³-hybridized carbons (Fsp3) is 0.571. The molecule has 52 valence electrons. The van der Waals surface area contributed by atoms with Crippen LogP contribution >= 0.6 is 0 Å². The number of carbonyl (C=O) groups is 1. The van der Waals surface area contributed by atoms with Crippen LogP contribution in [0.2, 0.25) is 0 Å². The number of rotatable bonds is 2. The summed E-state index contributed by atoms with van der Waals surface area (Å²) in [6.45, 7) is 5.35. The highest BCUT2D eigenvalue weighted by Gasteiger charge is 2.09. The van der Waals surface area contributed by atoms with Crippen LogP contribution in [0.5, 0.6) is 0 Å². The summed E-state index contributed by atoms with van der Waals surface area (Å²) >= 11 is 0. The lowest BCUT2D eigenvalue weighted by Gasteiger charge is -2.12. The fourth-order valence-electron chi connectivity index (χ4n) is 0.508. The zero-order valence-electron chi connectivity index (χ0n) is 6.22. The molecular formula is C7H13NO. The summed E-state index contributed by atoms with van der Waals surface area (Å²) in [4.78, 5) is 12.5. The molecule has 0 aromatic heterocycles. The van der Waals surface area contributed by atoms with Crippen molar-refractivity contribution in [2.24, 2.45) is 5.92 Å². The fourth-order valence-corrected chi connectivity index (χ4v) is 0.508. The average molecular weight is 127 g/mol. The molecule has 0 aliphatic carbocycles. The van der Waals surface area contributed by atoms with Crippen molar-refractivity contribution in [3.63, 3.8) is 0 Å². The largest absolute Gasteiger partial charge is 0.348 e. The molecule has 2 nitrogen and oxygen atoms in total. The zero-order valence-corrected chi connectivity index (χ0v) is 6.22. The van der Waals surface area contributed by atoms with Gasteiger partial charge in [0.1, 0.15) is 0 Å². The minimum atomic E-state index is -0.0556. The second kappa shape index (κ2) is 3.28. The third-order valence-electron chi connectivity index (χ3n) is 1.18. The summed E-state index contributed by atoms with van der Waals surface area (Å²) < 4.78 is 0. The van der Waals surface area contributed by atoms with E-state index in [1.165, 1.54) is 0 Å². The highest BCUT2D eigenvalue weighted by atomic mass is 16.2. The van der Waals surface area contributed by atoms with Gasteiger partial charge in [-0.25, -0.2) is 0 Å². The molecular weight excluding hydrogens is 114 g/mol. The van der Waals surface area contributed by atoms with Crippen LogP contribution in [0.4, 0.5) is 0 Å². The van der Waals surface area contributed by atoms with Crippen molar-refractivity contribution in [1.82, 2.24) is 4.90 Å². The van der Waals surface area contributed by atoms with Gasteiger partial charge in [0.2, 0.25) is 5.91 Å². The van der Waals surface area contributed by atoms with E-state index in [1.807, 2.05) is 6.92 Å². The predicted octanol–water partition coefficient (Wildman–Crippen LogP) is 0.897. The standard InChI is InChI=1S/C7H13NO/c1-5-6(2)7(9)8(3)4/h5-6H,1H2,2-4H3/t6-/m1/s1. The van der Waals surface area contributed by atoms with Gasteiger partial charge in [0, 0.05) is 14.1 Å². The second-order valence-corrected chi connectivity index (χ2v) is 2.26. The van der Waals surface area contributed by atoms with Gasteiger partial charge in [0.05, 0.1) is 5.92 Å². The van der Waals surface area contributed by atoms with Crippen LogP contribution in [0, 0.1) is 5.92 Å². The van der Waals surface area contributed by atoms with Gasteiger partial charge in [-0.15, -0.1) is 6.58 Å². The first-order valence-electron chi connectivity index (χ1n) is 2.93. The Hall–Kier alpha value is -0.790. The normalized spacial score (nSPS) is 12.3. The predicted molar refractivity (Wildman–Crippen MR) is 38.1 cm³/mol. The van der Waals surface area contributed by atoms with Gasteiger partial charge in [0.15, 0.2) is 0 Å². The molecule has 0 unspecified atom stereocenters. The number of carbonyl (C=O) groups excluding carboxylic acids is 1. The monoisotopic (exact) mass is 127 g/mol. The molecule has 0 N–H and O–H groups in total. The quantitative estimate of drug-likeness (QED) is 0.504. The van der Waals surface area contributed by atoms with E-state index in [0.29, 0.717) is 0 Å². The molecule has 0 rings (SSSR count). The molecule has 0 aromatic carbocycles. The summed E-state index contributed by atoms with van der Waals surface area (Å²) in [6, 6.07) is 0. The summed E-state index contributed by atoms with van der Waals surface area (Å²) in [5.41, 5.74) is 0. The summed E-state index contributed by atoms with van der Waals surface area (Å²) in [5, 5.41) is 0. The maximum Gasteiger partial charge on any atom is 0.228 e. The van der Waals surface area contributed by atoms with Crippen LogP contribution in [0.3, 0.4) is 0 Å². The van der Waals surface area contributed by atoms with Crippen LogP contribution in [0.1, 0.15) is 6.92 Å². The number of amides is 1. The highest BCUT2D eigenvalue weighted by molar-refractivity contribution is 5.79. The Morgan fingerprint density at radius 2 is 2.11 bits per heavy atom. The van der Waals surface area contributed by atoms with Gasteiger partial charge < -0.3 is 4.90 Å². The average Bonchev–Trinajstić information content (AvgIpc) is 1.84. The molecule has 0 aliphatic rings. The Balaban J connectivity index is 3.87. The molecule has 0 spiro atoms. The van der Waals surface area contributed by atoms with Crippen molar-refractivity contribution in [2.45, 2.75) is 6.92 Å². The van der Waals surface area contributed by atoms with E-state index in [9.17, 15) is 4.79 Å². The van der Waals surface area contributed by atoms with E-state index in [-0.39, 0.29) is 11.8 Å². The maximum absolute atomic E-state index is 10.9. The van der Waals surface area contributed by atoms with Crippen molar-refractivity contribution in [3.05, 3.63) is 12.7 Å². The number of hydrogen-bond acceptors (Lipinski definition) is 1. The van der Waals surface area contributed by atoms with Crippen LogP contribution in [0.25, 0.3) is 0 Å². The van der Waals surface area contributed by atoms with Crippen LogP contribution in [-0.2, 0) is 4.79 Å². The Morgan fingerprint density at radius 3 is 2.22 bits per heavy atom. The van der Waals surface area contributed by atoms with Crippen LogP contribution in [0.15, 0.2) is 12.7 Å². The van der Waals surface area contributed by atoms with E-state index in [1.54, 1.807) is 25.1 Å². The minimum absolute atomic E-state index is 0.0556. The topological polar surface area (TPSA) is 20.3 Å². The molecule has 0 radical (unpaired) electrons. The van der Waals surface area contributed by atoms with Gasteiger partial charge in [-0.05, 0) is 0 Å². The molecule has 0 heterocycles. The smallest absolute Gasteiger partial charge is 0.228 e. The summed E-state index contributed by atoms with van der Waals surface area (Å²) in [5.74, 6) is 0.0463. The molecule has 2 heteroatoms. The van der Waals surface area contributed by atoms with Gasteiger partial charge in [-0.1, -0.05) is 13.0 Å². The zero-order chi connectivity index (χ0) is 7.44. The molecule has 0 saturated heterocycles. The van der Waals surface area contributed by atoms with Gasteiger partial charge in [-0.3, -0.25) is 4.79 Å². The molecule has 0 fully saturated rings. The van der Waals surface area contributed by atoms with Gasteiger partial charge >= 0.3 is 0 Å². The third-order valence-corrected chi connectivity index (χ3v) is 1.18. The first-order chi connectivity index (χ1) is 4.09. The van der Waals surface area contributed by atoms with Crippen molar-refractivity contribution in [3.8, 4) is 0 Å². The minimum Gasteiger partial charge on any atom is -0.348 e. The highest BCUT2D eigenvalue weighted by Crippen LogP contribution is 1.98. The summed E-state index contributed by atoms with van der Waals surface area (Å²) in [6.07, 6.45) is 1.64. The molecule has 0 saturated carbocycles. The number of nitrogens with zero attached hydrogens (tertiary/aromatic N) is 1. The van der Waals surface area contributed by atoms with Crippen LogP contribution in [-0.4, -0.2) is 24.9 Å². The van der Waals surface area contributed by atoms with Crippen LogP contribution < -0.4 is 0 Å². The van der Waals surface area contributed by atoms with Gasteiger partial charge in [-0.2, -0.15) is 0 Å². The first kappa shape index (κ1) is 8.21. The lowest BCUT2D eigenvalue weighted by atomic mass is 10.1. The molecule has 1 atom stereocenters.